The number of carbonyl (C=O) groups is 2. The Labute approximate surface area is 147 Å². The van der Waals surface area contributed by atoms with Crippen molar-refractivity contribution >= 4 is 12.0 Å². The number of hydrogen-bond donors (Lipinski definition) is 1. The highest BCUT2D eigenvalue weighted by Gasteiger charge is 2.27. The van der Waals surface area contributed by atoms with Gasteiger partial charge in [0.15, 0.2) is 0 Å². The molecule has 1 N–H and O–H groups in total. The number of aromatic nitrogens is 3. The second-order valence-corrected chi connectivity index (χ2v) is 7.31. The van der Waals surface area contributed by atoms with Crippen LogP contribution in [-0.2, 0) is 22.5 Å². The lowest BCUT2D eigenvalue weighted by molar-refractivity contribution is -0.133. The lowest BCUT2D eigenvalue weighted by Gasteiger charge is -2.35. The third-order valence-corrected chi connectivity index (χ3v) is 3.67. The molecule has 1 aliphatic rings. The van der Waals surface area contributed by atoms with Crippen molar-refractivity contribution in [2.75, 3.05) is 26.2 Å². The summed E-state index contributed by atoms with van der Waals surface area (Å²) in [5, 5.41) is 17.2. The standard InChI is InChI=1S/C16H27N5O4/c1-12(22)9-13-10-21(18-17-13)11-14(23)19-5-7-20(8-6-19)15(24)25-16(2,3)4/h10,12,22H,5-9,11H2,1-4H3. The molecule has 2 heterocycles. The summed E-state index contributed by atoms with van der Waals surface area (Å²) in [7, 11) is 0. The van der Waals surface area contributed by atoms with E-state index in [1.807, 2.05) is 20.8 Å². The minimum absolute atomic E-state index is 0.0719. The van der Waals surface area contributed by atoms with Crippen LogP contribution in [0.4, 0.5) is 4.79 Å². The van der Waals surface area contributed by atoms with Crippen molar-refractivity contribution in [3.8, 4) is 0 Å². The second-order valence-electron chi connectivity index (χ2n) is 7.31. The fourth-order valence-corrected chi connectivity index (χ4v) is 2.52. The van der Waals surface area contributed by atoms with Gasteiger partial charge in [0.05, 0.1) is 11.8 Å². The predicted molar refractivity (Wildman–Crippen MR) is 89.8 cm³/mol. The molecule has 0 bridgehead atoms. The summed E-state index contributed by atoms with van der Waals surface area (Å²) in [6, 6.07) is 0. The highest BCUT2D eigenvalue weighted by atomic mass is 16.6. The van der Waals surface area contributed by atoms with E-state index >= 15 is 0 Å². The molecule has 1 aromatic rings. The van der Waals surface area contributed by atoms with Gasteiger partial charge in [0.1, 0.15) is 12.1 Å². The Morgan fingerprint density at radius 2 is 1.84 bits per heavy atom. The van der Waals surface area contributed by atoms with Crippen LogP contribution in [0.1, 0.15) is 33.4 Å². The first kappa shape index (κ1) is 19.2. The van der Waals surface area contributed by atoms with Gasteiger partial charge in [0.25, 0.3) is 0 Å². The zero-order valence-electron chi connectivity index (χ0n) is 15.3. The minimum Gasteiger partial charge on any atom is -0.444 e. The number of amides is 2. The first-order valence-corrected chi connectivity index (χ1v) is 8.47. The maximum Gasteiger partial charge on any atom is 0.410 e. The fraction of sp³-hybridized carbons (Fsp3) is 0.750. The van der Waals surface area contributed by atoms with Crippen LogP contribution in [0.25, 0.3) is 0 Å². The SMILES string of the molecule is CC(O)Cc1cn(CC(=O)N2CCN(C(=O)OC(C)(C)C)CC2)nn1. The number of aliphatic hydroxyl groups is 1. The number of piperazine rings is 1. The molecule has 2 amide bonds. The third kappa shape index (κ3) is 6.00. The highest BCUT2D eigenvalue weighted by Crippen LogP contribution is 2.12. The molecule has 9 heteroatoms. The van der Waals surface area contributed by atoms with Crippen LogP contribution in [0.15, 0.2) is 6.20 Å². The monoisotopic (exact) mass is 353 g/mol. The molecule has 0 aliphatic carbocycles. The van der Waals surface area contributed by atoms with E-state index in [1.54, 1.807) is 22.9 Å². The first-order chi connectivity index (χ1) is 11.6. The number of carbonyl (C=O) groups excluding carboxylic acids is 2. The van der Waals surface area contributed by atoms with E-state index in [-0.39, 0.29) is 18.5 Å². The molecule has 1 aliphatic heterocycles. The normalized spacial score (nSPS) is 16.7. The summed E-state index contributed by atoms with van der Waals surface area (Å²) in [5.74, 6) is -0.0719. The number of hydrogen-bond acceptors (Lipinski definition) is 6. The zero-order valence-corrected chi connectivity index (χ0v) is 15.3. The first-order valence-electron chi connectivity index (χ1n) is 8.47. The number of ether oxygens (including phenoxy) is 1. The van der Waals surface area contributed by atoms with E-state index in [0.717, 1.165) is 0 Å². The molecule has 1 atom stereocenters. The van der Waals surface area contributed by atoms with E-state index in [0.29, 0.717) is 38.3 Å². The molecular formula is C16H27N5O4. The average molecular weight is 353 g/mol. The Kier molecular flexibility index (Phi) is 5.99. The van der Waals surface area contributed by atoms with E-state index < -0.39 is 11.7 Å². The molecule has 1 aromatic heterocycles. The molecule has 25 heavy (non-hydrogen) atoms. The van der Waals surface area contributed by atoms with Gasteiger partial charge in [-0.3, -0.25) is 4.79 Å². The van der Waals surface area contributed by atoms with Crippen LogP contribution in [0.5, 0.6) is 0 Å². The quantitative estimate of drug-likeness (QED) is 0.834. The van der Waals surface area contributed by atoms with E-state index in [2.05, 4.69) is 10.3 Å². The Hall–Kier alpha value is -2.16. The number of nitrogens with zero attached hydrogens (tertiary/aromatic N) is 5. The molecule has 1 unspecified atom stereocenters. The van der Waals surface area contributed by atoms with E-state index in [9.17, 15) is 14.7 Å². The lowest BCUT2D eigenvalue weighted by atomic mass is 10.2. The van der Waals surface area contributed by atoms with E-state index in [1.165, 1.54) is 4.68 Å². The zero-order chi connectivity index (χ0) is 18.6. The summed E-state index contributed by atoms with van der Waals surface area (Å²) in [4.78, 5) is 27.7. The van der Waals surface area contributed by atoms with Crippen LogP contribution >= 0.6 is 0 Å². The lowest BCUT2D eigenvalue weighted by Crippen LogP contribution is -2.52. The second kappa shape index (κ2) is 7.81. The van der Waals surface area contributed by atoms with Crippen molar-refractivity contribution in [2.24, 2.45) is 0 Å². The maximum absolute atomic E-state index is 12.4. The van der Waals surface area contributed by atoms with Gasteiger partial charge >= 0.3 is 6.09 Å². The summed E-state index contributed by atoms with van der Waals surface area (Å²) in [5.41, 5.74) is 0.124. The van der Waals surface area contributed by atoms with Gasteiger partial charge in [-0.1, -0.05) is 5.21 Å². The van der Waals surface area contributed by atoms with Crippen molar-refractivity contribution in [1.29, 1.82) is 0 Å². The van der Waals surface area contributed by atoms with Gasteiger partial charge in [0, 0.05) is 38.8 Å². The molecule has 0 spiro atoms. The third-order valence-electron chi connectivity index (χ3n) is 3.67. The van der Waals surface area contributed by atoms with Crippen LogP contribution in [-0.4, -0.2) is 79.8 Å². The molecular weight excluding hydrogens is 326 g/mol. The number of aliphatic hydroxyl groups excluding tert-OH is 1. The summed E-state index contributed by atoms with van der Waals surface area (Å²) < 4.78 is 6.82. The smallest absolute Gasteiger partial charge is 0.410 e. The van der Waals surface area contributed by atoms with Crippen molar-refractivity contribution in [3.63, 3.8) is 0 Å². The largest absolute Gasteiger partial charge is 0.444 e. The maximum atomic E-state index is 12.4. The highest BCUT2D eigenvalue weighted by molar-refractivity contribution is 5.76. The molecule has 0 radical (unpaired) electrons. The Balaban J connectivity index is 1.81. The van der Waals surface area contributed by atoms with E-state index in [4.69, 9.17) is 4.74 Å². The molecule has 1 fully saturated rings. The van der Waals surface area contributed by atoms with Gasteiger partial charge in [-0.2, -0.15) is 0 Å². The van der Waals surface area contributed by atoms with Crippen LogP contribution in [0.2, 0.25) is 0 Å². The minimum atomic E-state index is -0.527. The van der Waals surface area contributed by atoms with Crippen LogP contribution in [0, 0.1) is 0 Å². The van der Waals surface area contributed by atoms with Gasteiger partial charge < -0.3 is 19.6 Å². The topological polar surface area (TPSA) is 101 Å². The van der Waals surface area contributed by atoms with Gasteiger partial charge in [-0.05, 0) is 27.7 Å². The Morgan fingerprint density at radius 1 is 1.24 bits per heavy atom. The molecule has 140 valence electrons. The Morgan fingerprint density at radius 3 is 2.40 bits per heavy atom. The summed E-state index contributed by atoms with van der Waals surface area (Å²) >= 11 is 0. The van der Waals surface area contributed by atoms with Crippen molar-refractivity contribution in [1.82, 2.24) is 24.8 Å². The van der Waals surface area contributed by atoms with Crippen molar-refractivity contribution < 1.29 is 19.4 Å². The average Bonchev–Trinajstić information content (AvgIpc) is 2.91. The Bertz CT molecular complexity index is 600. The summed E-state index contributed by atoms with van der Waals surface area (Å²) in [6.45, 7) is 9.09. The molecule has 0 aromatic carbocycles. The van der Waals surface area contributed by atoms with Crippen molar-refractivity contribution in [3.05, 3.63) is 11.9 Å². The number of rotatable bonds is 4. The van der Waals surface area contributed by atoms with Gasteiger partial charge in [-0.15, -0.1) is 5.10 Å². The van der Waals surface area contributed by atoms with Gasteiger partial charge in [0.2, 0.25) is 5.91 Å². The molecule has 9 nitrogen and oxygen atoms in total. The van der Waals surface area contributed by atoms with Gasteiger partial charge in [-0.25, -0.2) is 9.48 Å². The van der Waals surface area contributed by atoms with Crippen molar-refractivity contribution in [2.45, 2.75) is 52.4 Å². The molecule has 0 saturated carbocycles. The summed E-state index contributed by atoms with van der Waals surface area (Å²) in [6.07, 6.45) is 1.23. The van der Waals surface area contributed by atoms with Crippen LogP contribution < -0.4 is 0 Å². The molecule has 2 rings (SSSR count). The van der Waals surface area contributed by atoms with Crippen LogP contribution in [0.3, 0.4) is 0 Å². The molecule has 1 saturated heterocycles. The predicted octanol–water partition coefficient (Wildman–Crippen LogP) is 0.281. The fourth-order valence-electron chi connectivity index (χ4n) is 2.52.